The molecule has 0 saturated carbocycles. The molecule has 0 aliphatic heterocycles. The molecule has 0 unspecified atom stereocenters. The first-order valence-corrected chi connectivity index (χ1v) is 3.29. The van der Waals surface area contributed by atoms with Crippen LogP contribution in [-0.2, 0) is 16.4 Å². The Labute approximate surface area is 303 Å². The number of nitrogens with zero attached hydrogens (tertiary/aromatic N) is 6. The van der Waals surface area contributed by atoms with E-state index in [4.69, 9.17) is 91.9 Å². The van der Waals surface area contributed by atoms with Gasteiger partial charge in [0.1, 0.15) is 0 Å². The molecule has 0 spiro atoms. The van der Waals surface area contributed by atoms with Crippen molar-refractivity contribution in [1.29, 1.82) is 0 Å². The molecule has 0 heterocycles. The van der Waals surface area contributed by atoms with Crippen molar-refractivity contribution in [2.75, 3.05) is 0 Å². The zero-order valence-corrected chi connectivity index (χ0v) is 28.1. The van der Waals surface area contributed by atoms with Crippen LogP contribution < -0.4 is 0 Å². The van der Waals surface area contributed by atoms with Gasteiger partial charge in [0.05, 0.1) is 30.5 Å². The van der Waals surface area contributed by atoms with Crippen LogP contribution in [0, 0.1) is 163 Å². The predicted octanol–water partition coefficient (Wildman–Crippen LogP) is -2.86. The van der Waals surface area contributed by atoms with Gasteiger partial charge in [0.25, 0.3) is 0 Å². The molecule has 0 aromatic carbocycles. The van der Waals surface area contributed by atoms with Crippen LogP contribution in [0.1, 0.15) is 5.71 Å². The van der Waals surface area contributed by atoms with Crippen LogP contribution in [-0.4, -0.2) is 123 Å². The summed E-state index contributed by atoms with van der Waals surface area (Å²) in [4.78, 5) is 49.5. The predicted molar refractivity (Wildman–Crippen MR) is 91.7 cm³/mol. The van der Waals surface area contributed by atoms with E-state index in [-0.39, 0.29) is 186 Å². The van der Waals surface area contributed by atoms with Crippen molar-refractivity contribution >= 4 is 92.2 Å². The molecule has 0 aliphatic rings. The number of rotatable bonds is 0. The second-order valence-electron chi connectivity index (χ2n) is 1.34. The molecule has 0 atom stereocenters. The van der Waals surface area contributed by atoms with Gasteiger partial charge in [-0.3, -0.25) is 0 Å². The second kappa shape index (κ2) is 94.2. The zero-order chi connectivity index (χ0) is 21.5. The van der Waals surface area contributed by atoms with Gasteiger partial charge in [-0.05, 0) is 0 Å². The van der Waals surface area contributed by atoms with Crippen LogP contribution in [0.15, 0.2) is 0 Å². The molecular weight excluding hydrogens is 795 g/mol. The standard InChI is InChI=1S/2La.4Mg.6NO3.3O.4H/c;;;;;;6*2-1(3)4;;;;;;;/q;;4*+2;6*-1;3*-2;4*-1. The average molecular weight is 799 g/mol. The Morgan fingerprint density at radius 3 is 0.303 bits per heavy atom. The van der Waals surface area contributed by atoms with Crippen LogP contribution >= 0.6 is 0 Å². The van der Waals surface area contributed by atoms with E-state index in [1.165, 1.54) is 0 Å². The summed E-state index contributed by atoms with van der Waals surface area (Å²) >= 11 is 0. The maximum atomic E-state index is 8.25. The van der Waals surface area contributed by atoms with Gasteiger partial charge in [-0.15, -0.1) is 0 Å². The average Bonchev–Trinajstić information content (AvgIpc) is 2.08. The first kappa shape index (κ1) is 103. The molecule has 0 rings (SSSR count). The molecule has 0 N–H and O–H groups in total. The molecule has 182 valence electrons. The van der Waals surface area contributed by atoms with Crippen molar-refractivity contribution in [1.82, 2.24) is 0 Å². The third-order valence-corrected chi connectivity index (χ3v) is 0. The summed E-state index contributed by atoms with van der Waals surface area (Å²) in [5, 5.41) is 88.5. The van der Waals surface area contributed by atoms with Crippen molar-refractivity contribution in [2.24, 2.45) is 0 Å². The zero-order valence-electron chi connectivity index (χ0n) is 19.2. The van der Waals surface area contributed by atoms with Crippen LogP contribution in [0.5, 0.6) is 0 Å². The molecule has 33 heteroatoms. The largest absolute Gasteiger partial charge is 2.00 e. The smallest absolute Gasteiger partial charge is 2.00 e. The van der Waals surface area contributed by atoms with Gasteiger partial charge in [0.2, 0.25) is 0 Å². The monoisotopic (exact) mass is 798 g/mol. The van der Waals surface area contributed by atoms with Gasteiger partial charge in [0.15, 0.2) is 0 Å². The van der Waals surface area contributed by atoms with Gasteiger partial charge in [0, 0.05) is 71.2 Å². The van der Waals surface area contributed by atoms with Gasteiger partial charge in [-0.1, -0.05) is 0 Å². The minimum atomic E-state index is -1.75. The Morgan fingerprint density at radius 1 is 0.303 bits per heavy atom. The van der Waals surface area contributed by atoms with E-state index in [1.807, 2.05) is 0 Å². The Hall–Kier alpha value is 0.535. The minimum absolute atomic E-state index is 0. The van der Waals surface area contributed by atoms with Crippen LogP contribution in [0.2, 0.25) is 0 Å². The van der Waals surface area contributed by atoms with E-state index in [0.29, 0.717) is 0 Å². The van der Waals surface area contributed by atoms with Crippen molar-refractivity contribution < 1.29 is 124 Å². The Balaban J connectivity index is -0.00000000578. The molecule has 0 aliphatic carbocycles. The third-order valence-electron chi connectivity index (χ3n) is 0. The summed E-state index contributed by atoms with van der Waals surface area (Å²) in [5.41, 5.74) is 0. The van der Waals surface area contributed by atoms with Crippen molar-refractivity contribution in [3.63, 3.8) is 0 Å². The Morgan fingerprint density at radius 2 is 0.303 bits per heavy atom. The summed E-state index contributed by atoms with van der Waals surface area (Å²) in [6, 6.07) is 0. The van der Waals surface area contributed by atoms with E-state index in [1.54, 1.807) is 0 Å². The van der Waals surface area contributed by atoms with E-state index in [2.05, 4.69) is 0 Å². The fourth-order valence-corrected chi connectivity index (χ4v) is 0. The molecule has 0 saturated heterocycles. The molecule has 2 radical (unpaired) electrons. The van der Waals surface area contributed by atoms with Crippen molar-refractivity contribution in [3.05, 3.63) is 91.9 Å². The molecule has 33 heavy (non-hydrogen) atoms. The number of hydrogen-bond acceptors (Lipinski definition) is 18. The van der Waals surface area contributed by atoms with Gasteiger partial charge in [-0.2, -0.15) is 0 Å². The SMILES string of the molecule is O=[N+]([O-])[O-].O=[N+]([O-])[O-].O=[N+]([O-])[O-].O=[N+]([O-])[O-].O=[N+]([O-])[O-].O=[N+]([O-])[O-].[H-].[H-].[H-].[H-].[La].[La].[Mg+2].[Mg+2].[Mg+2].[Mg+2].[O-2].[O-2].[O-2]. The van der Waals surface area contributed by atoms with Crippen LogP contribution in [0.3, 0.4) is 0 Å². The molecule has 0 bridgehead atoms. The van der Waals surface area contributed by atoms with Gasteiger partial charge < -0.3 is 114 Å². The maximum Gasteiger partial charge on any atom is 2.00 e. The van der Waals surface area contributed by atoms with Crippen LogP contribution in [0.4, 0.5) is 0 Å². The second-order valence-corrected chi connectivity index (χ2v) is 1.34. The summed E-state index contributed by atoms with van der Waals surface area (Å²) in [7, 11) is 0. The molecule has 27 nitrogen and oxygen atoms in total. The molecule has 0 aromatic rings. The molecule has 0 aromatic heterocycles. The quantitative estimate of drug-likeness (QED) is 0.135. The Kier molecular flexibility index (Phi) is 295. The van der Waals surface area contributed by atoms with E-state index >= 15 is 0 Å². The maximum absolute atomic E-state index is 8.25. The van der Waals surface area contributed by atoms with E-state index in [9.17, 15) is 0 Å². The topological polar surface area (TPSA) is 483 Å². The Bertz CT molecular complexity index is 298. The molecular formula is H4La2Mg4N6O21-8. The van der Waals surface area contributed by atoms with E-state index < -0.39 is 30.5 Å². The number of hydrogen-bond donors (Lipinski definition) is 0. The molecule has 0 amide bonds. The first-order chi connectivity index (χ1) is 10.4. The summed E-state index contributed by atoms with van der Waals surface area (Å²) < 4.78 is 0. The summed E-state index contributed by atoms with van der Waals surface area (Å²) in [6.45, 7) is 0. The van der Waals surface area contributed by atoms with Crippen molar-refractivity contribution in [3.8, 4) is 0 Å². The van der Waals surface area contributed by atoms with Gasteiger partial charge in [-0.25, -0.2) is 0 Å². The minimum Gasteiger partial charge on any atom is -2.00 e. The summed E-state index contributed by atoms with van der Waals surface area (Å²) in [5.74, 6) is 0. The normalized spacial score (nSPS) is 4.36. The summed E-state index contributed by atoms with van der Waals surface area (Å²) in [6.07, 6.45) is 0. The van der Waals surface area contributed by atoms with E-state index in [0.717, 1.165) is 0 Å². The first-order valence-electron chi connectivity index (χ1n) is 3.29. The van der Waals surface area contributed by atoms with Crippen molar-refractivity contribution in [2.45, 2.75) is 0 Å². The van der Waals surface area contributed by atoms with Gasteiger partial charge >= 0.3 is 92.2 Å². The van der Waals surface area contributed by atoms with Crippen LogP contribution in [0.25, 0.3) is 0 Å². The third kappa shape index (κ3) is 106000. The fraction of sp³-hybridized carbons (Fsp3) is 0. The molecule has 0 fully saturated rings. The fourth-order valence-electron chi connectivity index (χ4n) is 0.